The van der Waals surface area contributed by atoms with Gasteiger partial charge in [0.2, 0.25) is 5.91 Å². The third-order valence-electron chi connectivity index (χ3n) is 4.74. The van der Waals surface area contributed by atoms with Crippen molar-refractivity contribution in [2.75, 3.05) is 28.7 Å². The SMILES string of the molecule is Cc1cccc(NC(=O)Nc2ccc3c(c2)OCC(C)(C)C(=O)N3CC(C)C)c1. The van der Waals surface area contributed by atoms with Crippen molar-refractivity contribution in [2.24, 2.45) is 11.3 Å². The van der Waals surface area contributed by atoms with Gasteiger partial charge in [-0.05, 0) is 56.5 Å². The van der Waals surface area contributed by atoms with Crippen molar-refractivity contribution in [1.29, 1.82) is 0 Å². The molecule has 29 heavy (non-hydrogen) atoms. The van der Waals surface area contributed by atoms with Gasteiger partial charge in [-0.1, -0.05) is 26.0 Å². The number of carbonyl (C=O) groups excluding carboxylic acids is 2. The molecule has 6 heteroatoms. The van der Waals surface area contributed by atoms with E-state index in [1.165, 1.54) is 0 Å². The first-order valence-corrected chi connectivity index (χ1v) is 9.89. The Bertz CT molecular complexity index is 921. The molecule has 0 saturated heterocycles. The summed E-state index contributed by atoms with van der Waals surface area (Å²) >= 11 is 0. The van der Waals surface area contributed by atoms with Crippen molar-refractivity contribution in [3.63, 3.8) is 0 Å². The summed E-state index contributed by atoms with van der Waals surface area (Å²) in [6, 6.07) is 12.7. The molecule has 6 nitrogen and oxygen atoms in total. The Hall–Kier alpha value is -3.02. The number of carbonyl (C=O) groups is 2. The molecule has 0 aliphatic carbocycles. The van der Waals surface area contributed by atoms with E-state index in [4.69, 9.17) is 4.74 Å². The minimum Gasteiger partial charge on any atom is -0.490 e. The number of amides is 3. The number of hydrogen-bond acceptors (Lipinski definition) is 3. The van der Waals surface area contributed by atoms with Crippen molar-refractivity contribution in [2.45, 2.75) is 34.6 Å². The lowest BCUT2D eigenvalue weighted by atomic mass is 9.92. The predicted molar refractivity (Wildman–Crippen MR) is 117 cm³/mol. The van der Waals surface area contributed by atoms with E-state index in [-0.39, 0.29) is 18.5 Å². The quantitative estimate of drug-likeness (QED) is 0.761. The number of nitrogens with one attached hydrogen (secondary N) is 2. The second-order valence-corrected chi connectivity index (χ2v) is 8.61. The van der Waals surface area contributed by atoms with Gasteiger partial charge in [-0.2, -0.15) is 0 Å². The highest BCUT2D eigenvalue weighted by molar-refractivity contribution is 6.02. The van der Waals surface area contributed by atoms with Gasteiger partial charge in [0.25, 0.3) is 0 Å². The summed E-state index contributed by atoms with van der Waals surface area (Å²) < 4.78 is 5.97. The lowest BCUT2D eigenvalue weighted by Crippen LogP contribution is -2.43. The second-order valence-electron chi connectivity index (χ2n) is 8.61. The number of aryl methyl sites for hydroxylation is 1. The Morgan fingerprint density at radius 1 is 1.14 bits per heavy atom. The molecule has 0 atom stereocenters. The van der Waals surface area contributed by atoms with Crippen LogP contribution in [0.25, 0.3) is 0 Å². The van der Waals surface area contributed by atoms with E-state index in [0.29, 0.717) is 23.9 Å². The van der Waals surface area contributed by atoms with Crippen LogP contribution in [0.5, 0.6) is 5.75 Å². The zero-order valence-corrected chi connectivity index (χ0v) is 17.7. The maximum absolute atomic E-state index is 13.0. The van der Waals surface area contributed by atoms with Crippen molar-refractivity contribution in [1.82, 2.24) is 0 Å². The van der Waals surface area contributed by atoms with E-state index in [9.17, 15) is 9.59 Å². The molecule has 1 aliphatic rings. The van der Waals surface area contributed by atoms with Crippen LogP contribution < -0.4 is 20.3 Å². The second kappa shape index (κ2) is 8.15. The lowest BCUT2D eigenvalue weighted by molar-refractivity contribution is -0.127. The van der Waals surface area contributed by atoms with Crippen LogP contribution >= 0.6 is 0 Å². The molecule has 0 radical (unpaired) electrons. The summed E-state index contributed by atoms with van der Waals surface area (Å²) in [5, 5.41) is 5.66. The van der Waals surface area contributed by atoms with Crippen LogP contribution in [-0.4, -0.2) is 25.1 Å². The van der Waals surface area contributed by atoms with Crippen molar-refractivity contribution in [3.05, 3.63) is 48.0 Å². The lowest BCUT2D eigenvalue weighted by Gasteiger charge is -2.29. The molecule has 2 aromatic rings. The van der Waals surface area contributed by atoms with Gasteiger partial charge >= 0.3 is 6.03 Å². The Balaban J connectivity index is 1.81. The van der Waals surface area contributed by atoms with E-state index in [1.807, 2.05) is 51.1 Å². The van der Waals surface area contributed by atoms with Gasteiger partial charge in [-0.3, -0.25) is 4.79 Å². The fraction of sp³-hybridized carbons (Fsp3) is 0.391. The average Bonchev–Trinajstić information content (AvgIpc) is 2.72. The topological polar surface area (TPSA) is 70.7 Å². The minimum absolute atomic E-state index is 0.0443. The smallest absolute Gasteiger partial charge is 0.323 e. The fourth-order valence-corrected chi connectivity index (χ4v) is 3.29. The number of ether oxygens (including phenoxy) is 1. The Morgan fingerprint density at radius 3 is 2.48 bits per heavy atom. The molecule has 0 unspecified atom stereocenters. The van der Waals surface area contributed by atoms with Crippen molar-refractivity contribution >= 4 is 29.0 Å². The Morgan fingerprint density at radius 2 is 1.83 bits per heavy atom. The summed E-state index contributed by atoms with van der Waals surface area (Å²) in [6.45, 7) is 10.8. The van der Waals surface area contributed by atoms with E-state index in [2.05, 4.69) is 24.5 Å². The molecule has 3 rings (SSSR count). The third kappa shape index (κ3) is 4.88. The zero-order valence-electron chi connectivity index (χ0n) is 17.7. The molecule has 2 N–H and O–H groups in total. The highest BCUT2D eigenvalue weighted by Crippen LogP contribution is 2.38. The zero-order chi connectivity index (χ0) is 21.2. The summed E-state index contributed by atoms with van der Waals surface area (Å²) in [4.78, 5) is 27.2. The summed E-state index contributed by atoms with van der Waals surface area (Å²) in [7, 11) is 0. The Labute approximate surface area is 172 Å². The highest BCUT2D eigenvalue weighted by atomic mass is 16.5. The van der Waals surface area contributed by atoms with Gasteiger partial charge in [-0.15, -0.1) is 0 Å². The van der Waals surface area contributed by atoms with Crippen LogP contribution in [-0.2, 0) is 4.79 Å². The maximum Gasteiger partial charge on any atom is 0.323 e. The number of fused-ring (bicyclic) bond motifs is 1. The van der Waals surface area contributed by atoms with Crippen LogP contribution in [0, 0.1) is 18.3 Å². The van der Waals surface area contributed by atoms with E-state index in [1.54, 1.807) is 17.0 Å². The minimum atomic E-state index is -0.621. The van der Waals surface area contributed by atoms with Gasteiger partial charge in [0.15, 0.2) is 0 Å². The fourth-order valence-electron chi connectivity index (χ4n) is 3.29. The summed E-state index contributed by atoms with van der Waals surface area (Å²) in [5.74, 6) is 0.958. The van der Waals surface area contributed by atoms with Crippen LogP contribution in [0.2, 0.25) is 0 Å². The molecule has 3 amide bonds. The molecular formula is C23H29N3O3. The molecular weight excluding hydrogens is 366 g/mol. The first-order chi connectivity index (χ1) is 13.7. The number of anilines is 3. The van der Waals surface area contributed by atoms with Gasteiger partial charge in [0, 0.05) is 24.0 Å². The number of hydrogen-bond donors (Lipinski definition) is 2. The van der Waals surface area contributed by atoms with Crippen LogP contribution in [0.15, 0.2) is 42.5 Å². The normalized spacial score (nSPS) is 15.4. The summed E-state index contributed by atoms with van der Waals surface area (Å²) in [5.41, 5.74) is 2.51. The number of rotatable bonds is 4. The summed E-state index contributed by atoms with van der Waals surface area (Å²) in [6.07, 6.45) is 0. The molecule has 1 aliphatic heterocycles. The van der Waals surface area contributed by atoms with Gasteiger partial charge in [0.1, 0.15) is 12.4 Å². The van der Waals surface area contributed by atoms with Crippen LogP contribution in [0.3, 0.4) is 0 Å². The van der Waals surface area contributed by atoms with Gasteiger partial charge < -0.3 is 20.3 Å². The van der Waals surface area contributed by atoms with Crippen LogP contribution in [0.1, 0.15) is 33.3 Å². The average molecular weight is 396 g/mol. The van der Waals surface area contributed by atoms with E-state index >= 15 is 0 Å². The van der Waals surface area contributed by atoms with Crippen molar-refractivity contribution in [3.8, 4) is 5.75 Å². The third-order valence-corrected chi connectivity index (χ3v) is 4.74. The molecule has 1 heterocycles. The first-order valence-electron chi connectivity index (χ1n) is 9.89. The molecule has 0 bridgehead atoms. The molecule has 0 aromatic heterocycles. The molecule has 2 aromatic carbocycles. The highest BCUT2D eigenvalue weighted by Gasteiger charge is 2.38. The molecule has 0 saturated carbocycles. The van der Waals surface area contributed by atoms with Gasteiger partial charge in [-0.25, -0.2) is 4.79 Å². The van der Waals surface area contributed by atoms with Crippen molar-refractivity contribution < 1.29 is 14.3 Å². The number of nitrogens with zero attached hydrogens (tertiary/aromatic N) is 1. The predicted octanol–water partition coefficient (Wildman–Crippen LogP) is 5.05. The largest absolute Gasteiger partial charge is 0.490 e. The standard InChI is InChI=1S/C23H29N3O3/c1-15(2)13-26-19-10-9-18(12-20(19)29-14-23(4,5)21(26)27)25-22(28)24-17-8-6-7-16(3)11-17/h6-12,15H,13-14H2,1-5H3,(H2,24,25,28). The number of urea groups is 1. The molecule has 0 spiro atoms. The van der Waals surface area contributed by atoms with E-state index in [0.717, 1.165) is 16.9 Å². The van der Waals surface area contributed by atoms with E-state index < -0.39 is 5.41 Å². The first kappa shape index (κ1) is 20.7. The number of benzene rings is 2. The van der Waals surface area contributed by atoms with Gasteiger partial charge in [0.05, 0.1) is 11.1 Å². The molecule has 0 fully saturated rings. The molecule has 154 valence electrons. The Kier molecular flexibility index (Phi) is 5.82. The van der Waals surface area contributed by atoms with Crippen LogP contribution in [0.4, 0.5) is 21.9 Å². The maximum atomic E-state index is 13.0. The monoisotopic (exact) mass is 395 g/mol.